The Bertz CT molecular complexity index is 946. The molecule has 3 aliphatic rings. The molecule has 0 aromatic carbocycles. The first-order chi connectivity index (χ1) is 13.9. The number of ether oxygens (including phenoxy) is 1. The number of imidazole rings is 1. The van der Waals surface area contributed by atoms with Crippen molar-refractivity contribution in [2.24, 2.45) is 17.8 Å². The van der Waals surface area contributed by atoms with Gasteiger partial charge in [0.25, 0.3) is 0 Å². The molecule has 1 amide bonds. The predicted molar refractivity (Wildman–Crippen MR) is 101 cm³/mol. The van der Waals surface area contributed by atoms with Crippen LogP contribution in [0.3, 0.4) is 0 Å². The van der Waals surface area contributed by atoms with Gasteiger partial charge in [0.05, 0.1) is 5.69 Å². The van der Waals surface area contributed by atoms with Crippen molar-refractivity contribution in [1.82, 2.24) is 19.4 Å². The molecule has 0 unspecified atom stereocenters. The maximum absolute atomic E-state index is 12.6. The van der Waals surface area contributed by atoms with Crippen LogP contribution in [0, 0.1) is 17.8 Å². The summed E-state index contributed by atoms with van der Waals surface area (Å²) >= 11 is 0. The molecular formula is C20H23F2N5O2. The average molecular weight is 403 g/mol. The third-order valence-corrected chi connectivity index (χ3v) is 6.29. The lowest BCUT2D eigenvalue weighted by Crippen LogP contribution is -2.29. The van der Waals surface area contributed by atoms with E-state index in [1.807, 2.05) is 11.1 Å². The number of hydrogen-bond acceptors (Lipinski definition) is 5. The highest BCUT2D eigenvalue weighted by Gasteiger charge is 2.58. The number of piperidine rings is 1. The van der Waals surface area contributed by atoms with Gasteiger partial charge < -0.3 is 19.9 Å². The Balaban J connectivity index is 1.43. The number of halogens is 2. The fourth-order valence-electron chi connectivity index (χ4n) is 4.51. The second-order valence-corrected chi connectivity index (χ2v) is 8.33. The maximum Gasteiger partial charge on any atom is 0.387 e. The van der Waals surface area contributed by atoms with E-state index in [0.29, 0.717) is 35.1 Å². The molecule has 2 aliphatic carbocycles. The summed E-state index contributed by atoms with van der Waals surface area (Å²) in [5.41, 5.74) is 6.94. The van der Waals surface area contributed by atoms with Crippen LogP contribution in [0.5, 0.6) is 5.75 Å². The van der Waals surface area contributed by atoms with E-state index in [0.717, 1.165) is 25.3 Å². The van der Waals surface area contributed by atoms with E-state index in [4.69, 9.17) is 10.7 Å². The van der Waals surface area contributed by atoms with Crippen LogP contribution in [0.4, 0.5) is 14.6 Å². The van der Waals surface area contributed by atoms with Crippen molar-refractivity contribution in [2.75, 3.05) is 18.8 Å². The SMILES string of the molecule is CC(=O)N1C[C@@H]2[C@H](C1)[C@@H]2n1cc(-c2cnc(N)c(OC(F)F)c2)nc1CC1CC1. The summed E-state index contributed by atoms with van der Waals surface area (Å²) in [7, 11) is 0. The number of nitrogens with two attached hydrogens (primary N) is 1. The van der Waals surface area contributed by atoms with Crippen LogP contribution in [-0.2, 0) is 11.2 Å². The zero-order chi connectivity index (χ0) is 20.3. The van der Waals surface area contributed by atoms with Gasteiger partial charge in [-0.15, -0.1) is 0 Å². The third kappa shape index (κ3) is 3.42. The molecule has 2 N–H and O–H groups in total. The Hall–Kier alpha value is -2.71. The number of pyridine rings is 1. The summed E-state index contributed by atoms with van der Waals surface area (Å²) < 4.78 is 32.0. The molecule has 0 radical (unpaired) electrons. The molecule has 2 saturated carbocycles. The highest BCUT2D eigenvalue weighted by molar-refractivity contribution is 5.74. The number of carbonyl (C=O) groups excluding carboxylic acids is 1. The van der Waals surface area contributed by atoms with Crippen molar-refractivity contribution >= 4 is 11.7 Å². The number of anilines is 1. The van der Waals surface area contributed by atoms with Crippen molar-refractivity contribution in [3.8, 4) is 17.0 Å². The minimum atomic E-state index is -2.97. The first kappa shape index (κ1) is 18.3. The summed E-state index contributed by atoms with van der Waals surface area (Å²) in [5, 5.41) is 0. The number of rotatable bonds is 6. The van der Waals surface area contributed by atoms with Crippen molar-refractivity contribution in [1.29, 1.82) is 0 Å². The summed E-state index contributed by atoms with van der Waals surface area (Å²) in [4.78, 5) is 22.3. The Morgan fingerprint density at radius 3 is 2.69 bits per heavy atom. The smallest absolute Gasteiger partial charge is 0.387 e. The number of nitrogens with zero attached hydrogens (tertiary/aromatic N) is 4. The van der Waals surface area contributed by atoms with E-state index in [1.165, 1.54) is 25.1 Å². The van der Waals surface area contributed by atoms with Crippen molar-refractivity contribution in [3.63, 3.8) is 0 Å². The lowest BCUT2D eigenvalue weighted by atomic mass is 10.2. The molecule has 0 spiro atoms. The van der Waals surface area contributed by atoms with Crippen molar-refractivity contribution in [3.05, 3.63) is 24.3 Å². The lowest BCUT2D eigenvalue weighted by molar-refractivity contribution is -0.128. The fourth-order valence-corrected chi connectivity index (χ4v) is 4.51. The maximum atomic E-state index is 12.6. The van der Waals surface area contributed by atoms with E-state index < -0.39 is 6.61 Å². The third-order valence-electron chi connectivity index (χ3n) is 6.29. The number of likely N-dealkylation sites (tertiary alicyclic amines) is 1. The highest BCUT2D eigenvalue weighted by atomic mass is 19.3. The van der Waals surface area contributed by atoms with E-state index in [1.54, 1.807) is 6.92 Å². The standard InChI is InChI=1S/C20H23F2N5O2/c1-10(28)26-7-13-14(8-26)18(13)27-9-15(25-17(27)4-11-2-3-11)12-5-16(29-20(21)22)19(23)24-6-12/h5-6,9,11,13-14,18,20H,2-4,7-8H2,1H3,(H2,23,24)/t13-,14+,18-. The molecule has 0 bridgehead atoms. The zero-order valence-electron chi connectivity index (χ0n) is 16.1. The topological polar surface area (TPSA) is 86.3 Å². The van der Waals surface area contributed by atoms with Gasteiger partial charge in [0.15, 0.2) is 11.6 Å². The van der Waals surface area contributed by atoms with Gasteiger partial charge in [-0.25, -0.2) is 9.97 Å². The number of alkyl halides is 2. The van der Waals surface area contributed by atoms with Gasteiger partial charge in [-0.1, -0.05) is 0 Å². The van der Waals surface area contributed by atoms with Crippen LogP contribution in [0.15, 0.2) is 18.5 Å². The second kappa shape index (κ2) is 6.67. The minimum absolute atomic E-state index is 0.0762. The predicted octanol–water partition coefficient (Wildman–Crippen LogP) is 2.73. The molecule has 3 atom stereocenters. The molecule has 2 aromatic heterocycles. The molecule has 9 heteroatoms. The Kier molecular flexibility index (Phi) is 4.22. The number of hydrogen-bond donors (Lipinski definition) is 1. The quantitative estimate of drug-likeness (QED) is 0.802. The molecule has 154 valence electrons. The molecule has 3 fully saturated rings. The molecule has 1 aliphatic heterocycles. The van der Waals surface area contributed by atoms with Gasteiger partial charge >= 0.3 is 6.61 Å². The Morgan fingerprint density at radius 2 is 2.07 bits per heavy atom. The van der Waals surface area contributed by atoms with E-state index in [9.17, 15) is 13.6 Å². The number of nitrogen functional groups attached to an aromatic ring is 1. The largest absolute Gasteiger partial charge is 0.431 e. The summed E-state index contributed by atoms with van der Waals surface area (Å²) in [6.45, 7) is 0.224. The first-order valence-electron chi connectivity index (χ1n) is 9.94. The number of carbonyl (C=O) groups is 1. The normalized spacial score (nSPS) is 25.4. The average Bonchev–Trinajstić information content (AvgIpc) is 3.50. The second-order valence-electron chi connectivity index (χ2n) is 8.33. The van der Waals surface area contributed by atoms with Gasteiger partial charge in [0.2, 0.25) is 5.91 Å². The molecule has 2 aromatic rings. The van der Waals surface area contributed by atoms with Crippen LogP contribution < -0.4 is 10.5 Å². The number of fused-ring (bicyclic) bond motifs is 1. The molecule has 29 heavy (non-hydrogen) atoms. The van der Waals surface area contributed by atoms with Gasteiger partial charge in [-0.2, -0.15) is 8.78 Å². The fraction of sp³-hybridized carbons (Fsp3) is 0.550. The summed E-state index contributed by atoms with van der Waals surface area (Å²) in [6, 6.07) is 1.81. The zero-order valence-corrected chi connectivity index (χ0v) is 16.1. The van der Waals surface area contributed by atoms with Gasteiger partial charge in [0.1, 0.15) is 5.82 Å². The molecule has 7 nitrogen and oxygen atoms in total. The Labute approximate surface area is 166 Å². The Morgan fingerprint density at radius 1 is 1.34 bits per heavy atom. The van der Waals surface area contributed by atoms with Crippen LogP contribution >= 0.6 is 0 Å². The van der Waals surface area contributed by atoms with Gasteiger partial charge in [-0.05, 0) is 24.8 Å². The lowest BCUT2D eigenvalue weighted by Gasteiger charge is -2.19. The molecule has 5 rings (SSSR count). The van der Waals surface area contributed by atoms with E-state index in [2.05, 4.69) is 14.3 Å². The summed E-state index contributed by atoms with van der Waals surface area (Å²) in [5.74, 6) is 2.51. The minimum Gasteiger partial charge on any atom is -0.431 e. The molecular weight excluding hydrogens is 380 g/mol. The molecule has 3 heterocycles. The van der Waals surface area contributed by atoms with Crippen molar-refractivity contribution in [2.45, 2.75) is 38.8 Å². The number of aromatic nitrogens is 3. The van der Waals surface area contributed by atoms with Gasteiger partial charge in [0, 0.05) is 62.3 Å². The first-order valence-corrected chi connectivity index (χ1v) is 9.94. The van der Waals surface area contributed by atoms with Crippen molar-refractivity contribution < 1.29 is 18.3 Å². The summed E-state index contributed by atoms with van der Waals surface area (Å²) in [6.07, 6.45) is 6.86. The van der Waals surface area contributed by atoms with Crippen LogP contribution in [0.2, 0.25) is 0 Å². The van der Waals surface area contributed by atoms with E-state index >= 15 is 0 Å². The van der Waals surface area contributed by atoms with E-state index in [-0.39, 0.29) is 17.5 Å². The highest BCUT2D eigenvalue weighted by Crippen LogP contribution is 2.56. The monoisotopic (exact) mass is 403 g/mol. The molecule has 1 saturated heterocycles. The van der Waals surface area contributed by atoms with Crippen LogP contribution in [0.1, 0.15) is 31.6 Å². The van der Waals surface area contributed by atoms with Crippen LogP contribution in [-0.4, -0.2) is 45.0 Å². The number of amides is 1. The van der Waals surface area contributed by atoms with Gasteiger partial charge in [-0.3, -0.25) is 4.79 Å². The van der Waals surface area contributed by atoms with Crippen LogP contribution in [0.25, 0.3) is 11.3 Å².